The summed E-state index contributed by atoms with van der Waals surface area (Å²) in [6.07, 6.45) is 0. The monoisotopic (exact) mass is 190 g/mol. The lowest BCUT2D eigenvalue weighted by Gasteiger charge is -1.90. The molecule has 0 amide bonds. The molecular formula is C7H7ClO2S. The Morgan fingerprint density at radius 3 is 3.00 bits per heavy atom. The molecule has 0 radical (unpaired) electrons. The first-order valence-electron chi connectivity index (χ1n) is 2.99. The van der Waals surface area contributed by atoms with Crippen molar-refractivity contribution in [3.8, 4) is 0 Å². The minimum atomic E-state index is -0.300. The van der Waals surface area contributed by atoms with E-state index in [1.54, 1.807) is 6.07 Å². The zero-order valence-corrected chi connectivity index (χ0v) is 7.54. The second-order valence-electron chi connectivity index (χ2n) is 1.94. The number of esters is 1. The minimum absolute atomic E-state index is 0.300. The van der Waals surface area contributed by atoms with Crippen molar-refractivity contribution in [3.05, 3.63) is 21.9 Å². The van der Waals surface area contributed by atoms with Crippen LogP contribution in [0.15, 0.2) is 11.4 Å². The van der Waals surface area contributed by atoms with Crippen LogP contribution in [-0.2, 0) is 10.6 Å². The second-order valence-corrected chi connectivity index (χ2v) is 3.12. The van der Waals surface area contributed by atoms with Gasteiger partial charge < -0.3 is 4.74 Å². The van der Waals surface area contributed by atoms with Gasteiger partial charge in [-0.05, 0) is 17.0 Å². The summed E-state index contributed by atoms with van der Waals surface area (Å²) >= 11 is 6.89. The van der Waals surface area contributed by atoms with E-state index in [2.05, 4.69) is 4.74 Å². The number of halogens is 1. The van der Waals surface area contributed by atoms with Crippen molar-refractivity contribution >= 4 is 28.9 Å². The summed E-state index contributed by atoms with van der Waals surface area (Å²) in [7, 11) is 1.36. The highest BCUT2D eigenvalue weighted by Crippen LogP contribution is 2.16. The molecule has 1 rings (SSSR count). The third-order valence-electron chi connectivity index (χ3n) is 1.19. The molecule has 0 aromatic carbocycles. The van der Waals surface area contributed by atoms with Gasteiger partial charge in [0, 0.05) is 5.88 Å². The van der Waals surface area contributed by atoms with Gasteiger partial charge in [0.1, 0.15) is 4.88 Å². The first kappa shape index (κ1) is 8.56. The molecule has 0 saturated heterocycles. The third kappa shape index (κ3) is 1.94. The number of methoxy groups -OCH3 is 1. The normalized spacial score (nSPS) is 9.64. The SMILES string of the molecule is COC(=O)c1cc(CCl)cs1. The number of carbonyl (C=O) groups excluding carboxylic acids is 1. The molecule has 1 aromatic heterocycles. The van der Waals surface area contributed by atoms with Crippen LogP contribution in [0.1, 0.15) is 15.2 Å². The van der Waals surface area contributed by atoms with Gasteiger partial charge in [0.25, 0.3) is 0 Å². The number of hydrogen-bond acceptors (Lipinski definition) is 3. The lowest BCUT2D eigenvalue weighted by Crippen LogP contribution is -1.96. The van der Waals surface area contributed by atoms with E-state index < -0.39 is 0 Å². The Morgan fingerprint density at radius 1 is 1.82 bits per heavy atom. The van der Waals surface area contributed by atoms with E-state index in [-0.39, 0.29) is 5.97 Å². The topological polar surface area (TPSA) is 26.3 Å². The molecule has 0 bridgehead atoms. The molecule has 0 fully saturated rings. The van der Waals surface area contributed by atoms with Crippen molar-refractivity contribution in [2.24, 2.45) is 0 Å². The van der Waals surface area contributed by atoms with Gasteiger partial charge >= 0.3 is 5.97 Å². The van der Waals surface area contributed by atoms with E-state index in [4.69, 9.17) is 11.6 Å². The molecule has 2 nitrogen and oxygen atoms in total. The fraction of sp³-hybridized carbons (Fsp3) is 0.286. The van der Waals surface area contributed by atoms with E-state index in [1.807, 2.05) is 5.38 Å². The van der Waals surface area contributed by atoms with Crippen LogP contribution in [0.5, 0.6) is 0 Å². The zero-order chi connectivity index (χ0) is 8.27. The first-order chi connectivity index (χ1) is 5.27. The summed E-state index contributed by atoms with van der Waals surface area (Å²) in [5.41, 5.74) is 0.956. The third-order valence-corrected chi connectivity index (χ3v) is 2.46. The quantitative estimate of drug-likeness (QED) is 0.528. The Labute approximate surface area is 73.7 Å². The molecule has 0 N–H and O–H groups in total. The maximum absolute atomic E-state index is 10.9. The zero-order valence-electron chi connectivity index (χ0n) is 5.96. The van der Waals surface area contributed by atoms with Gasteiger partial charge in [-0.1, -0.05) is 0 Å². The predicted molar refractivity (Wildman–Crippen MR) is 45.2 cm³/mol. The predicted octanol–water partition coefficient (Wildman–Crippen LogP) is 2.27. The molecule has 4 heteroatoms. The molecule has 0 aliphatic rings. The van der Waals surface area contributed by atoms with Gasteiger partial charge in [0.15, 0.2) is 0 Å². The van der Waals surface area contributed by atoms with Crippen molar-refractivity contribution in [2.75, 3.05) is 7.11 Å². The summed E-state index contributed by atoms with van der Waals surface area (Å²) in [5, 5.41) is 1.85. The molecule has 0 saturated carbocycles. The van der Waals surface area contributed by atoms with Crippen molar-refractivity contribution in [3.63, 3.8) is 0 Å². The van der Waals surface area contributed by atoms with E-state index in [9.17, 15) is 4.79 Å². The summed E-state index contributed by atoms with van der Waals surface area (Å²) in [6, 6.07) is 1.74. The molecule has 1 aromatic rings. The molecule has 0 spiro atoms. The molecule has 11 heavy (non-hydrogen) atoms. The molecule has 60 valence electrons. The van der Waals surface area contributed by atoms with Gasteiger partial charge in [-0.15, -0.1) is 22.9 Å². The lowest BCUT2D eigenvalue weighted by atomic mass is 10.3. The Kier molecular flexibility index (Phi) is 2.91. The number of thiophene rings is 1. The number of ether oxygens (including phenoxy) is 1. The molecular weight excluding hydrogens is 184 g/mol. The summed E-state index contributed by atoms with van der Waals surface area (Å²) in [6.45, 7) is 0. The van der Waals surface area contributed by atoms with Crippen molar-refractivity contribution in [2.45, 2.75) is 5.88 Å². The molecule has 1 heterocycles. The number of hydrogen-bond donors (Lipinski definition) is 0. The fourth-order valence-corrected chi connectivity index (χ4v) is 1.73. The van der Waals surface area contributed by atoms with E-state index >= 15 is 0 Å². The summed E-state index contributed by atoms with van der Waals surface area (Å²) < 4.78 is 4.52. The number of alkyl halides is 1. The van der Waals surface area contributed by atoms with Gasteiger partial charge in [-0.25, -0.2) is 4.79 Å². The van der Waals surface area contributed by atoms with Crippen LogP contribution < -0.4 is 0 Å². The van der Waals surface area contributed by atoms with Crippen LogP contribution in [0.3, 0.4) is 0 Å². The van der Waals surface area contributed by atoms with E-state index in [0.29, 0.717) is 10.8 Å². The molecule has 0 aliphatic heterocycles. The maximum atomic E-state index is 10.9. The Bertz CT molecular complexity index is 257. The first-order valence-corrected chi connectivity index (χ1v) is 4.41. The maximum Gasteiger partial charge on any atom is 0.348 e. The average molecular weight is 191 g/mol. The van der Waals surface area contributed by atoms with Crippen LogP contribution in [0.25, 0.3) is 0 Å². The van der Waals surface area contributed by atoms with E-state index in [1.165, 1.54) is 18.4 Å². The number of carbonyl (C=O) groups is 1. The Morgan fingerprint density at radius 2 is 2.55 bits per heavy atom. The summed E-state index contributed by atoms with van der Waals surface area (Å²) in [4.78, 5) is 11.5. The second kappa shape index (κ2) is 3.74. The molecule has 0 atom stereocenters. The Hall–Kier alpha value is -0.540. The van der Waals surface area contributed by atoms with Gasteiger partial charge in [0.05, 0.1) is 7.11 Å². The van der Waals surface area contributed by atoms with Crippen LogP contribution in [-0.4, -0.2) is 13.1 Å². The fourth-order valence-electron chi connectivity index (χ4n) is 0.653. The average Bonchev–Trinajstić information content (AvgIpc) is 2.50. The van der Waals surface area contributed by atoms with Crippen LogP contribution in [0, 0.1) is 0 Å². The molecule has 0 aliphatic carbocycles. The van der Waals surface area contributed by atoms with Gasteiger partial charge in [-0.3, -0.25) is 0 Å². The van der Waals surface area contributed by atoms with Gasteiger partial charge in [-0.2, -0.15) is 0 Å². The highest BCUT2D eigenvalue weighted by molar-refractivity contribution is 7.12. The van der Waals surface area contributed by atoms with Crippen molar-refractivity contribution in [1.82, 2.24) is 0 Å². The van der Waals surface area contributed by atoms with Crippen LogP contribution in [0.4, 0.5) is 0 Å². The standard InChI is InChI=1S/C7H7ClO2S/c1-10-7(9)6-2-5(3-8)4-11-6/h2,4H,3H2,1H3. The Balaban J connectivity index is 2.80. The molecule has 0 unspecified atom stereocenters. The van der Waals surface area contributed by atoms with E-state index in [0.717, 1.165) is 5.56 Å². The van der Waals surface area contributed by atoms with Crippen molar-refractivity contribution < 1.29 is 9.53 Å². The highest BCUT2D eigenvalue weighted by atomic mass is 35.5. The number of rotatable bonds is 2. The van der Waals surface area contributed by atoms with Crippen molar-refractivity contribution in [1.29, 1.82) is 0 Å². The minimum Gasteiger partial charge on any atom is -0.465 e. The largest absolute Gasteiger partial charge is 0.465 e. The summed E-state index contributed by atoms with van der Waals surface area (Å²) in [5.74, 6) is 0.138. The van der Waals surface area contributed by atoms with Crippen LogP contribution >= 0.6 is 22.9 Å². The van der Waals surface area contributed by atoms with Crippen LogP contribution in [0.2, 0.25) is 0 Å². The van der Waals surface area contributed by atoms with Gasteiger partial charge in [0.2, 0.25) is 0 Å². The highest BCUT2D eigenvalue weighted by Gasteiger charge is 2.07. The lowest BCUT2D eigenvalue weighted by molar-refractivity contribution is 0.0606. The smallest absolute Gasteiger partial charge is 0.348 e.